The molecule has 1 aliphatic carbocycles. The first-order chi connectivity index (χ1) is 15.4. The monoisotopic (exact) mass is 456 g/mol. The average molecular weight is 457 g/mol. The molecule has 4 amide bonds. The number of nitrogens with zero attached hydrogens (tertiary/aromatic N) is 3. The minimum Gasteiger partial charge on any atom is -0.356 e. The second-order valence-corrected chi connectivity index (χ2v) is 8.89. The molecule has 1 aromatic carbocycles. The molecule has 32 heavy (non-hydrogen) atoms. The predicted octanol–water partition coefficient (Wildman–Crippen LogP) is 2.68. The van der Waals surface area contributed by atoms with Crippen molar-refractivity contribution < 1.29 is 14.4 Å². The molecule has 9 nitrogen and oxygen atoms in total. The predicted molar refractivity (Wildman–Crippen MR) is 121 cm³/mol. The molecule has 1 spiro atoms. The zero-order valence-corrected chi connectivity index (χ0v) is 19.0. The fourth-order valence-corrected chi connectivity index (χ4v) is 4.63. The first-order valence-corrected chi connectivity index (χ1v) is 11.4. The van der Waals surface area contributed by atoms with Crippen LogP contribution in [-0.4, -0.2) is 56.1 Å². The summed E-state index contributed by atoms with van der Waals surface area (Å²) in [5.41, 5.74) is 1.40. The molecule has 170 valence electrons. The van der Waals surface area contributed by atoms with Crippen molar-refractivity contribution in [2.75, 3.05) is 13.1 Å². The van der Waals surface area contributed by atoms with Gasteiger partial charge in [-0.2, -0.15) is 5.10 Å². The zero-order chi connectivity index (χ0) is 22.7. The fraction of sp³-hybridized carbons (Fsp3) is 0.500. The van der Waals surface area contributed by atoms with Crippen LogP contribution in [0, 0.1) is 11.7 Å². The molecule has 2 aliphatic rings. The van der Waals surface area contributed by atoms with Crippen LogP contribution in [0.2, 0.25) is 0 Å². The summed E-state index contributed by atoms with van der Waals surface area (Å²) in [7, 11) is 0. The van der Waals surface area contributed by atoms with Crippen molar-refractivity contribution in [3.63, 3.8) is 0 Å². The van der Waals surface area contributed by atoms with Crippen molar-refractivity contribution in [3.05, 3.63) is 34.6 Å². The Labute approximate surface area is 191 Å². The number of aryl methyl sites for hydroxylation is 1. The first-order valence-electron chi connectivity index (χ1n) is 11.0. The number of benzene rings is 1. The summed E-state index contributed by atoms with van der Waals surface area (Å²) >= 11 is 5.32. The van der Waals surface area contributed by atoms with E-state index >= 15 is 0 Å². The van der Waals surface area contributed by atoms with E-state index in [0.29, 0.717) is 49.5 Å². The van der Waals surface area contributed by atoms with Gasteiger partial charge in [0.05, 0.1) is 0 Å². The number of amides is 4. The van der Waals surface area contributed by atoms with E-state index in [-0.39, 0.29) is 24.3 Å². The highest BCUT2D eigenvalue weighted by molar-refractivity contribution is 7.71. The lowest BCUT2D eigenvalue weighted by molar-refractivity contribution is -0.131. The van der Waals surface area contributed by atoms with Gasteiger partial charge < -0.3 is 10.6 Å². The third-order valence-electron chi connectivity index (χ3n) is 6.21. The Morgan fingerprint density at radius 2 is 1.91 bits per heavy atom. The Morgan fingerprint density at radius 3 is 2.62 bits per heavy atom. The van der Waals surface area contributed by atoms with Crippen molar-refractivity contribution in [3.8, 4) is 11.4 Å². The van der Waals surface area contributed by atoms with E-state index < -0.39 is 5.54 Å². The third kappa shape index (κ3) is 4.45. The molecule has 0 radical (unpaired) electrons. The number of rotatable bonds is 8. The number of carbonyl (C=O) groups excluding carboxylic acids is 3. The lowest BCUT2D eigenvalue weighted by Crippen LogP contribution is -2.44. The van der Waals surface area contributed by atoms with Gasteiger partial charge in [0, 0.05) is 31.6 Å². The molecular weight excluding hydrogens is 428 g/mol. The average Bonchev–Trinajstić information content (AvgIpc) is 3.45. The molecular formula is C22H28N6O3S. The molecule has 10 heteroatoms. The van der Waals surface area contributed by atoms with Gasteiger partial charge in [0.2, 0.25) is 5.91 Å². The van der Waals surface area contributed by atoms with Gasteiger partial charge in [-0.3, -0.25) is 24.2 Å². The number of urea groups is 1. The van der Waals surface area contributed by atoms with Gasteiger partial charge in [0.25, 0.3) is 5.91 Å². The van der Waals surface area contributed by atoms with Gasteiger partial charge in [-0.15, -0.1) is 0 Å². The SMILES string of the molecule is Cc1ccc(-c2n[nH]c(=S)n2CCC(=O)NCCCN2C(=O)NC3(CCCC3)C2=O)cc1. The summed E-state index contributed by atoms with van der Waals surface area (Å²) < 4.78 is 2.28. The molecule has 3 N–H and O–H groups in total. The van der Waals surface area contributed by atoms with Gasteiger partial charge in [-0.05, 0) is 38.4 Å². The molecule has 0 atom stereocenters. The van der Waals surface area contributed by atoms with Gasteiger partial charge in [0.1, 0.15) is 5.54 Å². The maximum atomic E-state index is 12.6. The summed E-state index contributed by atoms with van der Waals surface area (Å²) in [6.45, 7) is 3.12. The van der Waals surface area contributed by atoms with Gasteiger partial charge in [-0.25, -0.2) is 4.79 Å². The van der Waals surface area contributed by atoms with Crippen LogP contribution >= 0.6 is 12.2 Å². The van der Waals surface area contributed by atoms with Crippen molar-refractivity contribution in [1.29, 1.82) is 0 Å². The Morgan fingerprint density at radius 1 is 1.19 bits per heavy atom. The van der Waals surface area contributed by atoms with E-state index in [1.165, 1.54) is 4.90 Å². The Hall–Kier alpha value is -3.01. The van der Waals surface area contributed by atoms with E-state index in [2.05, 4.69) is 20.8 Å². The number of carbonyl (C=O) groups is 3. The van der Waals surface area contributed by atoms with E-state index in [9.17, 15) is 14.4 Å². The topological polar surface area (TPSA) is 112 Å². The molecule has 1 aromatic heterocycles. The molecule has 2 fully saturated rings. The smallest absolute Gasteiger partial charge is 0.325 e. The number of nitrogens with one attached hydrogen (secondary N) is 3. The number of hydrogen-bond acceptors (Lipinski definition) is 5. The second-order valence-electron chi connectivity index (χ2n) is 8.50. The number of hydrogen-bond donors (Lipinski definition) is 3. The molecule has 1 saturated heterocycles. The van der Waals surface area contributed by atoms with E-state index in [1.54, 1.807) is 0 Å². The molecule has 2 aromatic rings. The Balaban J connectivity index is 1.24. The lowest BCUT2D eigenvalue weighted by atomic mass is 9.98. The minimum absolute atomic E-state index is 0.118. The summed E-state index contributed by atoms with van der Waals surface area (Å²) in [5, 5.41) is 12.8. The zero-order valence-electron chi connectivity index (χ0n) is 18.1. The number of aromatic amines is 1. The normalized spacial score (nSPS) is 17.2. The van der Waals surface area contributed by atoms with Gasteiger partial charge >= 0.3 is 6.03 Å². The van der Waals surface area contributed by atoms with Crippen LogP contribution in [-0.2, 0) is 16.1 Å². The van der Waals surface area contributed by atoms with Crippen molar-refractivity contribution in [2.24, 2.45) is 0 Å². The quantitative estimate of drug-likeness (QED) is 0.321. The highest BCUT2D eigenvalue weighted by atomic mass is 32.1. The molecule has 2 heterocycles. The fourth-order valence-electron chi connectivity index (χ4n) is 4.41. The summed E-state index contributed by atoms with van der Waals surface area (Å²) in [5.74, 6) is 0.457. The summed E-state index contributed by atoms with van der Waals surface area (Å²) in [6, 6.07) is 7.64. The van der Waals surface area contributed by atoms with E-state index in [1.807, 2.05) is 35.8 Å². The molecule has 1 aliphatic heterocycles. The molecule has 4 rings (SSSR count). The highest BCUT2D eigenvalue weighted by Gasteiger charge is 2.51. The van der Waals surface area contributed by atoms with Crippen LogP contribution in [0.4, 0.5) is 4.79 Å². The van der Waals surface area contributed by atoms with Crippen LogP contribution in [0.1, 0.15) is 44.1 Å². The number of aromatic nitrogens is 3. The van der Waals surface area contributed by atoms with Crippen LogP contribution in [0.25, 0.3) is 11.4 Å². The van der Waals surface area contributed by atoms with Crippen molar-refractivity contribution in [1.82, 2.24) is 30.3 Å². The molecule has 0 unspecified atom stereocenters. The van der Waals surface area contributed by atoms with Gasteiger partial charge in [-0.1, -0.05) is 42.7 Å². The highest BCUT2D eigenvalue weighted by Crippen LogP contribution is 2.35. The standard InChI is InChI=1S/C22H28N6O3S/c1-15-5-7-16(8-6-15)18-25-26-21(32)27(18)14-9-17(29)23-12-4-13-28-19(30)22(24-20(28)31)10-2-3-11-22/h5-8H,2-4,9-14H2,1H3,(H,23,29)(H,24,31)(H,26,32). The van der Waals surface area contributed by atoms with Crippen LogP contribution in [0.5, 0.6) is 0 Å². The number of imide groups is 1. The molecule has 0 bridgehead atoms. The maximum Gasteiger partial charge on any atom is 0.325 e. The third-order valence-corrected chi connectivity index (χ3v) is 6.53. The largest absolute Gasteiger partial charge is 0.356 e. The molecule has 1 saturated carbocycles. The second kappa shape index (κ2) is 9.23. The van der Waals surface area contributed by atoms with Crippen LogP contribution in [0.3, 0.4) is 0 Å². The van der Waals surface area contributed by atoms with Gasteiger partial charge in [0.15, 0.2) is 10.6 Å². The van der Waals surface area contributed by atoms with E-state index in [0.717, 1.165) is 24.0 Å². The van der Waals surface area contributed by atoms with E-state index in [4.69, 9.17) is 12.2 Å². The minimum atomic E-state index is -0.681. The maximum absolute atomic E-state index is 12.6. The first kappa shape index (κ1) is 22.2. The summed E-state index contributed by atoms with van der Waals surface area (Å²) in [4.78, 5) is 38.4. The Bertz CT molecular complexity index is 1070. The van der Waals surface area contributed by atoms with Crippen molar-refractivity contribution >= 4 is 30.1 Å². The van der Waals surface area contributed by atoms with Crippen molar-refractivity contribution in [2.45, 2.75) is 57.5 Å². The lowest BCUT2D eigenvalue weighted by Gasteiger charge is -2.20. The Kier molecular flexibility index (Phi) is 6.40. The summed E-state index contributed by atoms with van der Waals surface area (Å²) in [6.07, 6.45) is 4.11. The number of H-pyrrole nitrogens is 1. The van der Waals surface area contributed by atoms with Crippen LogP contribution in [0.15, 0.2) is 24.3 Å². The van der Waals surface area contributed by atoms with Crippen LogP contribution < -0.4 is 10.6 Å².